The zero-order chi connectivity index (χ0) is 13.1. The number of benzene rings is 1. The van der Waals surface area contributed by atoms with Crippen molar-refractivity contribution in [2.24, 2.45) is 0 Å². The first-order valence-corrected chi connectivity index (χ1v) is 5.02. The van der Waals surface area contributed by atoms with Crippen molar-refractivity contribution < 1.29 is 9.13 Å². The van der Waals surface area contributed by atoms with Crippen LogP contribution in [0, 0.1) is 17.1 Å². The van der Waals surface area contributed by atoms with Crippen molar-refractivity contribution in [1.29, 1.82) is 5.26 Å². The van der Waals surface area contributed by atoms with E-state index < -0.39 is 5.82 Å². The van der Waals surface area contributed by atoms with Gasteiger partial charge in [-0.05, 0) is 18.2 Å². The van der Waals surface area contributed by atoms with Crippen molar-refractivity contribution in [2.45, 2.75) is 0 Å². The first kappa shape index (κ1) is 11.8. The monoisotopic (exact) mass is 244 g/mol. The molecule has 5 nitrogen and oxygen atoms in total. The average Bonchev–Trinajstić information content (AvgIpc) is 2.37. The van der Waals surface area contributed by atoms with Gasteiger partial charge in [-0.25, -0.2) is 14.4 Å². The van der Waals surface area contributed by atoms with Gasteiger partial charge in [0.2, 0.25) is 5.95 Å². The predicted molar refractivity (Wildman–Crippen MR) is 63.1 cm³/mol. The summed E-state index contributed by atoms with van der Waals surface area (Å²) >= 11 is 0. The van der Waals surface area contributed by atoms with Crippen molar-refractivity contribution in [3.63, 3.8) is 0 Å². The standard InChI is InChI=1S/C12H9FN4O/c1-18-11-5-7(4-9(13)8(11)6-14)10-2-3-16-12(15)17-10/h2-5H,1H3,(H2,15,16,17). The molecule has 0 aliphatic rings. The largest absolute Gasteiger partial charge is 0.495 e. The molecule has 2 rings (SSSR count). The van der Waals surface area contributed by atoms with Gasteiger partial charge in [0, 0.05) is 11.8 Å². The third kappa shape index (κ3) is 2.06. The van der Waals surface area contributed by atoms with E-state index in [2.05, 4.69) is 9.97 Å². The summed E-state index contributed by atoms with van der Waals surface area (Å²) < 4.78 is 18.7. The first-order valence-electron chi connectivity index (χ1n) is 5.02. The number of rotatable bonds is 2. The zero-order valence-electron chi connectivity index (χ0n) is 9.51. The highest BCUT2D eigenvalue weighted by atomic mass is 19.1. The van der Waals surface area contributed by atoms with Crippen LogP contribution in [-0.2, 0) is 0 Å². The molecule has 0 saturated heterocycles. The fourth-order valence-corrected chi connectivity index (χ4v) is 1.53. The molecule has 0 atom stereocenters. The molecule has 6 heteroatoms. The lowest BCUT2D eigenvalue weighted by atomic mass is 10.1. The zero-order valence-corrected chi connectivity index (χ0v) is 9.51. The molecule has 90 valence electrons. The lowest BCUT2D eigenvalue weighted by Crippen LogP contribution is -1.97. The highest BCUT2D eigenvalue weighted by Crippen LogP contribution is 2.28. The Morgan fingerprint density at radius 2 is 2.22 bits per heavy atom. The molecule has 0 saturated carbocycles. The van der Waals surface area contributed by atoms with E-state index in [0.717, 1.165) is 0 Å². The maximum atomic E-state index is 13.7. The number of ether oxygens (including phenoxy) is 1. The molecule has 2 aromatic rings. The molecule has 0 aliphatic heterocycles. The van der Waals surface area contributed by atoms with Crippen LogP contribution in [0.1, 0.15) is 5.56 Å². The number of aromatic nitrogens is 2. The minimum atomic E-state index is -0.663. The number of hydrogen-bond acceptors (Lipinski definition) is 5. The molecule has 0 spiro atoms. The second kappa shape index (κ2) is 4.67. The van der Waals surface area contributed by atoms with Gasteiger partial charge in [0.05, 0.1) is 12.8 Å². The number of nitrogens with two attached hydrogens (primary N) is 1. The summed E-state index contributed by atoms with van der Waals surface area (Å²) in [7, 11) is 1.37. The van der Waals surface area contributed by atoms with Gasteiger partial charge < -0.3 is 10.5 Å². The van der Waals surface area contributed by atoms with Crippen LogP contribution in [0.4, 0.5) is 10.3 Å². The van der Waals surface area contributed by atoms with Crippen molar-refractivity contribution in [1.82, 2.24) is 9.97 Å². The van der Waals surface area contributed by atoms with Gasteiger partial charge in [0.25, 0.3) is 0 Å². The van der Waals surface area contributed by atoms with Crippen LogP contribution in [0.25, 0.3) is 11.3 Å². The molecule has 18 heavy (non-hydrogen) atoms. The van der Waals surface area contributed by atoms with Crippen LogP contribution in [0.5, 0.6) is 5.75 Å². The fourth-order valence-electron chi connectivity index (χ4n) is 1.53. The Labute approximate surface area is 103 Å². The Balaban J connectivity index is 2.60. The summed E-state index contributed by atoms with van der Waals surface area (Å²) in [5.41, 5.74) is 6.26. The smallest absolute Gasteiger partial charge is 0.220 e. The third-order valence-corrected chi connectivity index (χ3v) is 2.36. The van der Waals surface area contributed by atoms with Crippen LogP contribution in [-0.4, -0.2) is 17.1 Å². The number of halogens is 1. The van der Waals surface area contributed by atoms with Gasteiger partial charge in [-0.1, -0.05) is 0 Å². The maximum Gasteiger partial charge on any atom is 0.220 e. The fraction of sp³-hybridized carbons (Fsp3) is 0.0833. The summed E-state index contributed by atoms with van der Waals surface area (Å²) in [6.45, 7) is 0. The van der Waals surface area contributed by atoms with Crippen LogP contribution in [0.3, 0.4) is 0 Å². The molecule has 0 amide bonds. The average molecular weight is 244 g/mol. The number of nitriles is 1. The number of anilines is 1. The number of nitrogens with zero attached hydrogens (tertiary/aromatic N) is 3. The lowest BCUT2D eigenvalue weighted by molar-refractivity contribution is 0.410. The minimum absolute atomic E-state index is 0.0937. The molecule has 0 bridgehead atoms. The summed E-state index contributed by atoms with van der Waals surface area (Å²) in [6, 6.07) is 6.08. The van der Waals surface area contributed by atoms with Crippen LogP contribution < -0.4 is 10.5 Å². The highest BCUT2D eigenvalue weighted by molar-refractivity contribution is 5.65. The predicted octanol–water partition coefficient (Wildman–Crippen LogP) is 1.75. The van der Waals surface area contributed by atoms with Gasteiger partial charge in [0.15, 0.2) is 0 Å². The van der Waals surface area contributed by atoms with E-state index in [0.29, 0.717) is 11.3 Å². The molecular formula is C12H9FN4O. The Hall–Kier alpha value is -2.68. The Morgan fingerprint density at radius 1 is 1.44 bits per heavy atom. The van der Waals surface area contributed by atoms with Gasteiger partial charge >= 0.3 is 0 Å². The molecule has 0 fully saturated rings. The molecule has 1 aromatic heterocycles. The van der Waals surface area contributed by atoms with Gasteiger partial charge in [0.1, 0.15) is 23.2 Å². The van der Waals surface area contributed by atoms with E-state index in [1.807, 2.05) is 0 Å². The quantitative estimate of drug-likeness (QED) is 0.869. The molecule has 2 N–H and O–H groups in total. The Morgan fingerprint density at radius 3 is 2.83 bits per heavy atom. The topological polar surface area (TPSA) is 84.8 Å². The summed E-state index contributed by atoms with van der Waals surface area (Å²) in [6.07, 6.45) is 1.47. The van der Waals surface area contributed by atoms with Crippen molar-refractivity contribution >= 4 is 5.95 Å². The van der Waals surface area contributed by atoms with E-state index in [1.54, 1.807) is 12.1 Å². The van der Waals surface area contributed by atoms with E-state index >= 15 is 0 Å². The van der Waals surface area contributed by atoms with Crippen LogP contribution >= 0.6 is 0 Å². The summed E-state index contributed by atoms with van der Waals surface area (Å²) in [5.74, 6) is -0.412. The number of nitrogen functional groups attached to an aromatic ring is 1. The van der Waals surface area contributed by atoms with Crippen molar-refractivity contribution in [2.75, 3.05) is 12.8 Å². The number of hydrogen-bond donors (Lipinski definition) is 1. The molecular weight excluding hydrogens is 235 g/mol. The second-order valence-electron chi connectivity index (χ2n) is 3.45. The SMILES string of the molecule is COc1cc(-c2ccnc(N)n2)cc(F)c1C#N. The molecule has 0 radical (unpaired) electrons. The van der Waals surface area contributed by atoms with Crippen LogP contribution in [0.15, 0.2) is 24.4 Å². The molecule has 1 aromatic carbocycles. The Kier molecular flexibility index (Phi) is 3.06. The lowest BCUT2D eigenvalue weighted by Gasteiger charge is -2.07. The van der Waals surface area contributed by atoms with E-state index in [9.17, 15) is 4.39 Å². The molecule has 0 aliphatic carbocycles. The van der Waals surface area contributed by atoms with Crippen molar-refractivity contribution in [3.8, 4) is 23.1 Å². The third-order valence-electron chi connectivity index (χ3n) is 2.36. The van der Waals surface area contributed by atoms with Gasteiger partial charge in [-0.15, -0.1) is 0 Å². The minimum Gasteiger partial charge on any atom is -0.495 e. The molecule has 0 unspecified atom stereocenters. The van der Waals surface area contributed by atoms with Gasteiger partial charge in [-0.2, -0.15) is 5.26 Å². The van der Waals surface area contributed by atoms with E-state index in [-0.39, 0.29) is 17.3 Å². The summed E-state index contributed by atoms with van der Waals surface area (Å²) in [5, 5.41) is 8.82. The Bertz CT molecular complexity index is 636. The van der Waals surface area contributed by atoms with E-state index in [1.165, 1.54) is 25.4 Å². The van der Waals surface area contributed by atoms with Crippen LogP contribution in [0.2, 0.25) is 0 Å². The maximum absolute atomic E-state index is 13.7. The van der Waals surface area contributed by atoms with Crippen molar-refractivity contribution in [3.05, 3.63) is 35.8 Å². The van der Waals surface area contributed by atoms with Gasteiger partial charge in [-0.3, -0.25) is 0 Å². The number of methoxy groups -OCH3 is 1. The first-order chi connectivity index (χ1) is 8.65. The normalized spacial score (nSPS) is 9.83. The second-order valence-corrected chi connectivity index (χ2v) is 3.45. The highest BCUT2D eigenvalue weighted by Gasteiger charge is 2.13. The molecule has 1 heterocycles. The van der Waals surface area contributed by atoms with E-state index in [4.69, 9.17) is 15.7 Å². The summed E-state index contributed by atoms with van der Waals surface area (Å²) in [4.78, 5) is 7.73.